The molecule has 1 heterocycles. The van der Waals surface area contributed by atoms with Gasteiger partial charge in [0.15, 0.2) is 16.6 Å². The topological polar surface area (TPSA) is 43.0 Å². The Morgan fingerprint density at radius 3 is 2.76 bits per heavy atom. The molecule has 0 spiro atoms. The third kappa shape index (κ3) is 4.90. The van der Waals surface area contributed by atoms with E-state index in [0.717, 1.165) is 22.8 Å². The van der Waals surface area contributed by atoms with Crippen LogP contribution in [0.1, 0.15) is 5.56 Å². The van der Waals surface area contributed by atoms with E-state index in [1.807, 2.05) is 42.3 Å². The van der Waals surface area contributed by atoms with Crippen molar-refractivity contribution in [2.24, 2.45) is 0 Å². The molecular formula is C18H19ClN2O3S. The van der Waals surface area contributed by atoms with E-state index in [1.54, 1.807) is 12.1 Å². The summed E-state index contributed by atoms with van der Waals surface area (Å²) in [7, 11) is 1.93. The number of hydrogen-bond acceptors (Lipinski definition) is 4. The maximum atomic E-state index is 5.85. The highest BCUT2D eigenvalue weighted by Crippen LogP contribution is 2.32. The van der Waals surface area contributed by atoms with Crippen LogP contribution in [0, 0.1) is 0 Å². The minimum atomic E-state index is 0.279. The van der Waals surface area contributed by atoms with E-state index < -0.39 is 0 Å². The smallest absolute Gasteiger partial charge is 0.231 e. The SMILES string of the molecule is CN(CCOc1ccc(Cl)cc1)C(=S)NCc1ccc2c(c1)OCO2. The predicted octanol–water partition coefficient (Wildman–Crippen LogP) is 3.45. The van der Waals surface area contributed by atoms with Crippen molar-refractivity contribution < 1.29 is 14.2 Å². The molecule has 0 bridgehead atoms. The number of nitrogens with one attached hydrogen (secondary N) is 1. The Balaban J connectivity index is 1.40. The van der Waals surface area contributed by atoms with Gasteiger partial charge in [0.05, 0.1) is 6.54 Å². The Bertz CT molecular complexity index is 740. The Morgan fingerprint density at radius 2 is 1.96 bits per heavy atom. The molecule has 2 aromatic rings. The first-order valence-electron chi connectivity index (χ1n) is 7.88. The van der Waals surface area contributed by atoms with Gasteiger partial charge in [-0.1, -0.05) is 17.7 Å². The summed E-state index contributed by atoms with van der Waals surface area (Å²) >= 11 is 11.3. The third-order valence-corrected chi connectivity index (χ3v) is 4.44. The number of thiocarbonyl (C=S) groups is 1. The zero-order valence-electron chi connectivity index (χ0n) is 13.8. The van der Waals surface area contributed by atoms with Crippen LogP contribution in [0.25, 0.3) is 0 Å². The Morgan fingerprint density at radius 1 is 1.20 bits per heavy atom. The number of halogens is 1. The molecule has 0 atom stereocenters. The number of fused-ring (bicyclic) bond motifs is 1. The first kappa shape index (κ1) is 17.6. The largest absolute Gasteiger partial charge is 0.492 e. The first-order chi connectivity index (χ1) is 12.1. The lowest BCUT2D eigenvalue weighted by Crippen LogP contribution is -2.38. The zero-order valence-corrected chi connectivity index (χ0v) is 15.4. The summed E-state index contributed by atoms with van der Waals surface area (Å²) < 4.78 is 16.4. The van der Waals surface area contributed by atoms with E-state index in [0.29, 0.717) is 29.8 Å². The van der Waals surface area contributed by atoms with Gasteiger partial charge in [-0.05, 0) is 54.2 Å². The van der Waals surface area contributed by atoms with Crippen LogP contribution in [0.5, 0.6) is 17.2 Å². The Labute approximate surface area is 157 Å². The average molecular weight is 379 g/mol. The lowest BCUT2D eigenvalue weighted by Gasteiger charge is -2.21. The van der Waals surface area contributed by atoms with Crippen LogP contribution < -0.4 is 19.5 Å². The molecule has 0 unspecified atom stereocenters. The molecule has 7 heteroatoms. The number of benzene rings is 2. The maximum Gasteiger partial charge on any atom is 0.231 e. The highest BCUT2D eigenvalue weighted by Gasteiger charge is 2.13. The molecular weight excluding hydrogens is 360 g/mol. The Kier molecular flexibility index (Phi) is 5.83. The molecule has 0 saturated carbocycles. The van der Waals surface area contributed by atoms with E-state index in [1.165, 1.54) is 0 Å². The molecule has 0 amide bonds. The van der Waals surface area contributed by atoms with Crippen LogP contribution >= 0.6 is 23.8 Å². The van der Waals surface area contributed by atoms with E-state index in [2.05, 4.69) is 5.32 Å². The van der Waals surface area contributed by atoms with Gasteiger partial charge in [-0.3, -0.25) is 0 Å². The minimum Gasteiger partial charge on any atom is -0.492 e. The van der Waals surface area contributed by atoms with E-state index in [9.17, 15) is 0 Å². The molecule has 1 aliphatic rings. The monoisotopic (exact) mass is 378 g/mol. The van der Waals surface area contributed by atoms with Crippen LogP contribution in [-0.2, 0) is 6.54 Å². The van der Waals surface area contributed by atoms with Crippen molar-refractivity contribution >= 4 is 28.9 Å². The first-order valence-corrected chi connectivity index (χ1v) is 8.66. The number of likely N-dealkylation sites (N-methyl/N-ethyl adjacent to an activating group) is 1. The molecule has 0 aromatic heterocycles. The van der Waals surface area contributed by atoms with Crippen LogP contribution in [-0.4, -0.2) is 37.0 Å². The fourth-order valence-electron chi connectivity index (χ4n) is 2.30. The van der Waals surface area contributed by atoms with Crippen molar-refractivity contribution in [2.75, 3.05) is 27.0 Å². The molecule has 2 aromatic carbocycles. The van der Waals surface area contributed by atoms with E-state index in [-0.39, 0.29) is 6.79 Å². The molecule has 3 rings (SSSR count). The molecule has 5 nitrogen and oxygen atoms in total. The van der Waals surface area contributed by atoms with Crippen molar-refractivity contribution in [3.05, 3.63) is 53.1 Å². The summed E-state index contributed by atoms with van der Waals surface area (Å²) in [5.74, 6) is 2.34. The second kappa shape index (κ2) is 8.27. The predicted molar refractivity (Wildman–Crippen MR) is 102 cm³/mol. The molecule has 1 aliphatic heterocycles. The highest BCUT2D eigenvalue weighted by molar-refractivity contribution is 7.80. The van der Waals surface area contributed by atoms with Gasteiger partial charge < -0.3 is 24.4 Å². The summed E-state index contributed by atoms with van der Waals surface area (Å²) in [4.78, 5) is 1.94. The van der Waals surface area contributed by atoms with Gasteiger partial charge in [0.25, 0.3) is 0 Å². The quantitative estimate of drug-likeness (QED) is 0.776. The molecule has 25 heavy (non-hydrogen) atoms. The molecule has 0 saturated heterocycles. The number of hydrogen-bond donors (Lipinski definition) is 1. The van der Waals surface area contributed by atoms with Crippen molar-refractivity contribution in [1.29, 1.82) is 0 Å². The van der Waals surface area contributed by atoms with Crippen molar-refractivity contribution in [3.8, 4) is 17.2 Å². The molecule has 0 fully saturated rings. The number of ether oxygens (including phenoxy) is 3. The zero-order chi connectivity index (χ0) is 17.6. The molecule has 0 aliphatic carbocycles. The highest BCUT2D eigenvalue weighted by atomic mass is 35.5. The summed E-state index contributed by atoms with van der Waals surface area (Å²) in [6.45, 7) is 2.11. The van der Waals surface area contributed by atoms with Gasteiger partial charge in [0, 0.05) is 18.6 Å². The van der Waals surface area contributed by atoms with Crippen LogP contribution in [0.3, 0.4) is 0 Å². The minimum absolute atomic E-state index is 0.279. The van der Waals surface area contributed by atoms with Crippen molar-refractivity contribution in [1.82, 2.24) is 10.2 Å². The van der Waals surface area contributed by atoms with Crippen LogP contribution in [0.4, 0.5) is 0 Å². The van der Waals surface area contributed by atoms with E-state index in [4.69, 9.17) is 38.0 Å². The lowest BCUT2D eigenvalue weighted by atomic mass is 10.2. The van der Waals surface area contributed by atoms with Gasteiger partial charge in [0.2, 0.25) is 6.79 Å². The third-order valence-electron chi connectivity index (χ3n) is 3.74. The summed E-state index contributed by atoms with van der Waals surface area (Å²) in [6, 6.07) is 13.2. The van der Waals surface area contributed by atoms with Crippen LogP contribution in [0.2, 0.25) is 5.02 Å². The second-order valence-electron chi connectivity index (χ2n) is 5.57. The summed E-state index contributed by atoms with van der Waals surface area (Å²) in [6.07, 6.45) is 0. The summed E-state index contributed by atoms with van der Waals surface area (Å²) in [5.41, 5.74) is 1.08. The van der Waals surface area contributed by atoms with Gasteiger partial charge in [-0.15, -0.1) is 0 Å². The van der Waals surface area contributed by atoms with Gasteiger partial charge in [-0.2, -0.15) is 0 Å². The normalized spacial score (nSPS) is 11.9. The van der Waals surface area contributed by atoms with Gasteiger partial charge in [0.1, 0.15) is 12.4 Å². The van der Waals surface area contributed by atoms with Crippen molar-refractivity contribution in [3.63, 3.8) is 0 Å². The number of rotatable bonds is 6. The Hall–Kier alpha value is -2.18. The number of nitrogens with zero attached hydrogens (tertiary/aromatic N) is 1. The fraction of sp³-hybridized carbons (Fsp3) is 0.278. The fourth-order valence-corrected chi connectivity index (χ4v) is 2.59. The molecule has 0 radical (unpaired) electrons. The second-order valence-corrected chi connectivity index (χ2v) is 6.39. The van der Waals surface area contributed by atoms with E-state index >= 15 is 0 Å². The average Bonchev–Trinajstić information content (AvgIpc) is 3.09. The standard InChI is InChI=1S/C18H19ClN2O3S/c1-21(8-9-22-15-5-3-14(19)4-6-15)18(25)20-11-13-2-7-16-17(10-13)24-12-23-16/h2-7,10H,8-9,11-12H2,1H3,(H,20,25). The van der Waals surface area contributed by atoms with Crippen molar-refractivity contribution in [2.45, 2.75) is 6.54 Å². The maximum absolute atomic E-state index is 5.85. The lowest BCUT2D eigenvalue weighted by molar-refractivity contribution is 0.174. The van der Waals surface area contributed by atoms with Crippen LogP contribution in [0.15, 0.2) is 42.5 Å². The van der Waals surface area contributed by atoms with Gasteiger partial charge >= 0.3 is 0 Å². The molecule has 132 valence electrons. The van der Waals surface area contributed by atoms with Gasteiger partial charge in [-0.25, -0.2) is 0 Å². The molecule has 1 N–H and O–H groups in total. The summed E-state index contributed by atoms with van der Waals surface area (Å²) in [5, 5.41) is 4.59.